The maximum atomic E-state index is 8.52. The van der Waals surface area contributed by atoms with Crippen LogP contribution in [0.3, 0.4) is 0 Å². The molecule has 218 valence electrons. The second-order valence-corrected chi connectivity index (χ2v) is 12.0. The smallest absolute Gasteiger partial charge is 0.164 e. The van der Waals surface area contributed by atoms with Crippen LogP contribution in [0.5, 0.6) is 0 Å². The average Bonchev–Trinajstić information content (AvgIpc) is 3.76. The van der Waals surface area contributed by atoms with Gasteiger partial charge < -0.3 is 15.1 Å². The van der Waals surface area contributed by atoms with E-state index in [2.05, 4.69) is 9.97 Å². The molecule has 2 aliphatic rings. The molecule has 0 fully saturated rings. The van der Waals surface area contributed by atoms with E-state index in [-0.39, 0.29) is 0 Å². The zero-order valence-corrected chi connectivity index (χ0v) is 24.9. The van der Waals surface area contributed by atoms with Crippen LogP contribution in [0.25, 0.3) is 89.7 Å². The second kappa shape index (κ2) is 10.1. The maximum absolute atomic E-state index is 8.52. The van der Waals surface area contributed by atoms with Crippen LogP contribution < -0.4 is 0 Å². The molecule has 0 saturated carbocycles. The molecule has 3 N–H and O–H groups in total. The predicted octanol–water partition coefficient (Wildman–Crippen LogP) is 7.65. The maximum Gasteiger partial charge on any atom is 0.164 e. The lowest BCUT2D eigenvalue weighted by atomic mass is 10.1. The Morgan fingerprint density at radius 3 is 0.867 bits per heavy atom. The molecule has 9 heteroatoms. The van der Waals surface area contributed by atoms with Crippen molar-refractivity contribution in [3.63, 3.8) is 0 Å². The molecule has 0 atom stereocenters. The van der Waals surface area contributed by atoms with Crippen molar-refractivity contribution in [2.45, 2.75) is 26.4 Å². The third-order valence-electron chi connectivity index (χ3n) is 7.46. The van der Waals surface area contributed by atoms with Gasteiger partial charge in [-0.3, -0.25) is 0 Å². The van der Waals surface area contributed by atoms with Gasteiger partial charge in [-0.1, -0.05) is 97.1 Å². The normalized spacial score (nSPS) is 12.0. The van der Waals surface area contributed by atoms with Gasteiger partial charge >= 0.3 is 0 Å². The van der Waals surface area contributed by atoms with E-state index in [1.807, 2.05) is 97.1 Å². The molecule has 0 saturated heterocycles. The Morgan fingerprint density at radius 2 is 0.622 bits per heavy atom. The number of fused-ring (bicyclic) bond motifs is 20. The molecular formula is C36H28N8O. The van der Waals surface area contributed by atoms with Crippen molar-refractivity contribution < 1.29 is 5.11 Å². The van der Waals surface area contributed by atoms with E-state index in [9.17, 15) is 0 Å². The number of benzene rings is 4. The zero-order valence-electron chi connectivity index (χ0n) is 24.9. The van der Waals surface area contributed by atoms with E-state index in [1.165, 1.54) is 0 Å². The summed E-state index contributed by atoms with van der Waals surface area (Å²) < 4.78 is 0. The topological polar surface area (TPSA) is 129 Å². The number of H-pyrrole nitrogens is 2. The number of hydrogen-bond acceptors (Lipinski definition) is 7. The fourth-order valence-corrected chi connectivity index (χ4v) is 5.59. The summed E-state index contributed by atoms with van der Waals surface area (Å²) >= 11 is 0. The van der Waals surface area contributed by atoms with Gasteiger partial charge in [-0.05, 0) is 20.8 Å². The lowest BCUT2D eigenvalue weighted by Gasteiger charge is -2.04. The molecule has 9 nitrogen and oxygen atoms in total. The lowest BCUT2D eigenvalue weighted by molar-refractivity contribution is 0.102. The number of rotatable bonds is 0. The Morgan fingerprint density at radius 1 is 0.400 bits per heavy atom. The molecule has 3 aromatic heterocycles. The molecule has 4 aromatic carbocycles. The minimum absolute atomic E-state index is 0.500. The van der Waals surface area contributed by atoms with Crippen LogP contribution in [0, 0.1) is 0 Å². The predicted molar refractivity (Wildman–Crippen MR) is 178 cm³/mol. The van der Waals surface area contributed by atoms with Gasteiger partial charge in [0.05, 0.1) is 5.60 Å². The van der Waals surface area contributed by atoms with Crippen LogP contribution >= 0.6 is 0 Å². The highest BCUT2D eigenvalue weighted by Gasteiger charge is 2.21. The van der Waals surface area contributed by atoms with Crippen LogP contribution in [-0.4, -0.2) is 50.6 Å². The first-order valence-corrected chi connectivity index (χ1v) is 14.7. The Balaban J connectivity index is 0.000000560. The van der Waals surface area contributed by atoms with Crippen molar-refractivity contribution in [1.29, 1.82) is 0 Å². The molecule has 7 aromatic rings. The van der Waals surface area contributed by atoms with E-state index in [1.54, 1.807) is 20.8 Å². The fraction of sp³-hybridized carbons (Fsp3) is 0.111. The highest BCUT2D eigenvalue weighted by molar-refractivity contribution is 6.06. The number of hydrogen-bond donors (Lipinski definition) is 3. The van der Waals surface area contributed by atoms with Gasteiger partial charge in [-0.2, -0.15) is 0 Å². The van der Waals surface area contributed by atoms with Gasteiger partial charge in [-0.15, -0.1) is 0 Å². The van der Waals surface area contributed by atoms with E-state index in [4.69, 9.17) is 35.0 Å². The first kappa shape index (κ1) is 26.8. The molecule has 0 aliphatic carbocycles. The summed E-state index contributed by atoms with van der Waals surface area (Å²) in [6, 6.07) is 32.2. The quantitative estimate of drug-likeness (QED) is 0.166. The molecule has 0 spiro atoms. The highest BCUT2D eigenvalue weighted by atomic mass is 16.3. The van der Waals surface area contributed by atoms with Crippen LogP contribution in [0.15, 0.2) is 97.1 Å². The fourth-order valence-electron chi connectivity index (χ4n) is 5.59. The first-order valence-electron chi connectivity index (χ1n) is 14.7. The summed E-state index contributed by atoms with van der Waals surface area (Å²) in [5.41, 5.74) is 5.95. The van der Waals surface area contributed by atoms with E-state index < -0.39 is 5.60 Å². The lowest BCUT2D eigenvalue weighted by Crippen LogP contribution is -2.10. The summed E-state index contributed by atoms with van der Waals surface area (Å²) in [7, 11) is 0. The molecule has 45 heavy (non-hydrogen) atoms. The van der Waals surface area contributed by atoms with Crippen molar-refractivity contribution >= 4 is 44.1 Å². The van der Waals surface area contributed by atoms with Crippen molar-refractivity contribution in [3.05, 3.63) is 97.1 Å². The minimum Gasteiger partial charge on any atom is -0.391 e. The number of aromatic amines is 2. The van der Waals surface area contributed by atoms with Gasteiger partial charge in [-0.25, -0.2) is 29.9 Å². The van der Waals surface area contributed by atoms with Crippen LogP contribution in [-0.2, 0) is 0 Å². The van der Waals surface area contributed by atoms with Gasteiger partial charge in [0.15, 0.2) is 23.3 Å². The van der Waals surface area contributed by atoms with Crippen molar-refractivity contribution in [3.8, 4) is 45.6 Å². The van der Waals surface area contributed by atoms with Crippen LogP contribution in [0.2, 0.25) is 0 Å². The van der Waals surface area contributed by atoms with Crippen LogP contribution in [0.4, 0.5) is 0 Å². The molecular weight excluding hydrogens is 560 g/mol. The molecule has 0 radical (unpaired) electrons. The SMILES string of the molecule is CC(C)(C)O.c1ccc2c(c1)-c1nc-2nc2[nH]c(nc3nc(nc4[nH]c(n1)c1ccccc41)-c1ccccc1-3)c1ccccc21. The number of aliphatic hydroxyl groups is 1. The molecule has 0 amide bonds. The zero-order chi connectivity index (χ0) is 30.7. The summed E-state index contributed by atoms with van der Waals surface area (Å²) in [5, 5.41) is 12.3. The Labute approximate surface area is 257 Å². The van der Waals surface area contributed by atoms with Gasteiger partial charge in [0.2, 0.25) is 0 Å². The highest BCUT2D eigenvalue weighted by Crippen LogP contribution is 2.36. The molecule has 9 rings (SSSR count). The van der Waals surface area contributed by atoms with Crippen molar-refractivity contribution in [2.75, 3.05) is 0 Å². The summed E-state index contributed by atoms with van der Waals surface area (Å²) in [6.07, 6.45) is 0. The van der Waals surface area contributed by atoms with E-state index in [0.29, 0.717) is 45.9 Å². The van der Waals surface area contributed by atoms with Gasteiger partial charge in [0.1, 0.15) is 22.6 Å². The Hall–Kier alpha value is -5.80. The van der Waals surface area contributed by atoms with E-state index >= 15 is 0 Å². The number of nitrogens with one attached hydrogen (secondary N) is 2. The van der Waals surface area contributed by atoms with Gasteiger partial charge in [0.25, 0.3) is 0 Å². The molecule has 2 aliphatic heterocycles. The van der Waals surface area contributed by atoms with E-state index in [0.717, 1.165) is 43.8 Å². The van der Waals surface area contributed by atoms with Gasteiger partial charge in [0, 0.05) is 43.8 Å². The second-order valence-electron chi connectivity index (χ2n) is 12.0. The third-order valence-corrected chi connectivity index (χ3v) is 7.46. The third kappa shape index (κ3) is 4.79. The average molecular weight is 589 g/mol. The Bertz CT molecular complexity index is 2130. The monoisotopic (exact) mass is 588 g/mol. The van der Waals surface area contributed by atoms with Crippen molar-refractivity contribution in [1.82, 2.24) is 39.9 Å². The summed E-state index contributed by atoms with van der Waals surface area (Å²) in [6.45, 7) is 5.23. The minimum atomic E-state index is -0.500. The van der Waals surface area contributed by atoms with Crippen LogP contribution in [0.1, 0.15) is 20.8 Å². The Kier molecular flexibility index (Phi) is 6.04. The largest absolute Gasteiger partial charge is 0.391 e. The van der Waals surface area contributed by atoms with Crippen molar-refractivity contribution in [2.24, 2.45) is 0 Å². The summed E-state index contributed by atoms with van der Waals surface area (Å²) in [5.74, 6) is 2.39. The number of aromatic nitrogens is 8. The molecule has 0 unspecified atom stereocenters. The summed E-state index contributed by atoms with van der Waals surface area (Å²) in [4.78, 5) is 36.8. The first-order chi connectivity index (χ1) is 21.8. The number of nitrogens with zero attached hydrogens (tertiary/aromatic N) is 6. The molecule has 8 bridgehead atoms. The standard InChI is InChI=1S/C32H18N8.C4H10O/c1-2-10-18-17(9-1)25-33-26(18)38-28-21-13-5-6-14-22(21)30(35-28)40-32-24-16-8-7-15-23(24)31(36-32)39-29-20-12-4-3-11-19(20)27(34-29)37-25;1-4(2,3)5/h1-16H,(H2,33,34,35,36,37,38,39,40);5H,1-3H3. The molecule has 5 heterocycles.